The van der Waals surface area contributed by atoms with Gasteiger partial charge in [-0.3, -0.25) is 0 Å². The Kier molecular flexibility index (Phi) is 24.5. The summed E-state index contributed by atoms with van der Waals surface area (Å²) in [6.45, 7) is 0. The van der Waals surface area contributed by atoms with E-state index in [1.807, 2.05) is 0 Å². The third-order valence-electron chi connectivity index (χ3n) is 0. The fraction of sp³-hybridized carbons (Fsp3) is 0. The number of hydrogen-bond donors (Lipinski definition) is 2. The van der Waals surface area contributed by atoms with Gasteiger partial charge in [0.15, 0.2) is 0 Å². The van der Waals surface area contributed by atoms with Crippen LogP contribution in [-0.4, -0.2) is 21.8 Å². The molecule has 0 saturated heterocycles. The molecular formula is CH4HgO4. The van der Waals surface area contributed by atoms with E-state index in [9.17, 15) is 0 Å². The van der Waals surface area contributed by atoms with Crippen LogP contribution in [0.15, 0.2) is 0 Å². The second kappa shape index (κ2) is 8.94. The van der Waals surface area contributed by atoms with Crippen molar-refractivity contribution in [3.05, 3.63) is 0 Å². The third kappa shape index (κ3) is 1530. The standard InChI is InChI=1S/CH2O3.Hg.H2O/c2-1(3)4;;/h(H2,2,3,4);;1H2. The molecule has 0 aliphatic rings. The molecule has 4 nitrogen and oxygen atoms in total. The van der Waals surface area contributed by atoms with Crippen molar-refractivity contribution in [3.8, 4) is 0 Å². The predicted molar refractivity (Wildman–Crippen MR) is 14.3 cm³/mol. The molecule has 6 heavy (non-hydrogen) atoms. The summed E-state index contributed by atoms with van der Waals surface area (Å²) in [6.07, 6.45) is -1.83. The zero-order valence-electron chi connectivity index (χ0n) is 3.01. The van der Waals surface area contributed by atoms with Crippen molar-refractivity contribution < 1.29 is 48.2 Å². The molecule has 0 amide bonds. The van der Waals surface area contributed by atoms with Gasteiger partial charge in [0, 0.05) is 27.7 Å². The van der Waals surface area contributed by atoms with E-state index in [0.717, 1.165) is 0 Å². The van der Waals surface area contributed by atoms with Crippen LogP contribution in [-0.2, 0) is 27.7 Å². The Morgan fingerprint density at radius 3 is 1.33 bits per heavy atom. The SMILES string of the molecule is O.O=C(O)O.[Hg]. The number of carbonyl (C=O) groups is 1. The molecule has 0 heterocycles. The van der Waals surface area contributed by atoms with Crippen LogP contribution >= 0.6 is 0 Å². The van der Waals surface area contributed by atoms with Crippen LogP contribution in [0.25, 0.3) is 0 Å². The van der Waals surface area contributed by atoms with Crippen molar-refractivity contribution >= 4 is 6.16 Å². The average molecular weight is 281 g/mol. The van der Waals surface area contributed by atoms with Crippen LogP contribution in [0, 0.1) is 0 Å². The second-order valence-electron chi connectivity index (χ2n) is 0.283. The van der Waals surface area contributed by atoms with Crippen LogP contribution in [0.4, 0.5) is 4.79 Å². The maximum absolute atomic E-state index is 8.56. The van der Waals surface area contributed by atoms with Gasteiger partial charge < -0.3 is 15.7 Å². The summed E-state index contributed by atoms with van der Waals surface area (Å²) in [5.74, 6) is 0. The minimum atomic E-state index is -1.83. The summed E-state index contributed by atoms with van der Waals surface area (Å²) in [6, 6.07) is 0. The largest absolute Gasteiger partial charge is 0.503 e. The van der Waals surface area contributed by atoms with E-state index in [4.69, 9.17) is 15.0 Å². The molecule has 0 fully saturated rings. The molecule has 0 radical (unpaired) electrons. The van der Waals surface area contributed by atoms with E-state index in [-0.39, 0.29) is 33.1 Å². The Bertz CT molecular complexity index is 30.5. The predicted octanol–water partition coefficient (Wildman–Crippen LogP) is -0.605. The minimum Gasteiger partial charge on any atom is -0.450 e. The van der Waals surface area contributed by atoms with Gasteiger partial charge in [0.1, 0.15) is 0 Å². The van der Waals surface area contributed by atoms with Crippen LogP contribution in [0.2, 0.25) is 0 Å². The zero-order valence-corrected chi connectivity index (χ0v) is 8.51. The molecule has 0 spiro atoms. The summed E-state index contributed by atoms with van der Waals surface area (Å²) in [5, 5.41) is 13.9. The van der Waals surface area contributed by atoms with Crippen molar-refractivity contribution in [1.82, 2.24) is 0 Å². The summed E-state index contributed by atoms with van der Waals surface area (Å²) in [5.41, 5.74) is 0. The minimum absolute atomic E-state index is 0. The smallest absolute Gasteiger partial charge is 0.450 e. The molecule has 0 aromatic rings. The van der Waals surface area contributed by atoms with Gasteiger partial charge in [-0.15, -0.1) is 0 Å². The molecular weight excluding hydrogens is 277 g/mol. The molecule has 0 aromatic carbocycles. The number of carboxylic acid groups (broad SMARTS) is 2. The number of hydrogen-bond acceptors (Lipinski definition) is 1. The molecule has 0 rings (SSSR count). The van der Waals surface area contributed by atoms with Crippen LogP contribution in [0.1, 0.15) is 0 Å². The monoisotopic (exact) mass is 282 g/mol. The van der Waals surface area contributed by atoms with Crippen LogP contribution in [0.3, 0.4) is 0 Å². The summed E-state index contributed by atoms with van der Waals surface area (Å²) in [7, 11) is 0. The molecule has 0 atom stereocenters. The van der Waals surface area contributed by atoms with Crippen molar-refractivity contribution in [2.75, 3.05) is 0 Å². The Labute approximate surface area is 54.6 Å². The molecule has 34 valence electrons. The number of rotatable bonds is 0. The first kappa shape index (κ1) is 16.4. The van der Waals surface area contributed by atoms with E-state index >= 15 is 0 Å². The first-order chi connectivity index (χ1) is 1.73. The topological polar surface area (TPSA) is 89.0 Å². The van der Waals surface area contributed by atoms with Crippen molar-refractivity contribution in [2.45, 2.75) is 0 Å². The molecule has 0 unspecified atom stereocenters. The molecule has 0 aliphatic carbocycles. The van der Waals surface area contributed by atoms with Crippen molar-refractivity contribution in [2.24, 2.45) is 0 Å². The molecule has 4 N–H and O–H groups in total. The molecule has 0 aromatic heterocycles. The Morgan fingerprint density at radius 2 is 1.33 bits per heavy atom. The first-order valence-electron chi connectivity index (χ1n) is 0.651. The van der Waals surface area contributed by atoms with Gasteiger partial charge >= 0.3 is 6.16 Å². The molecule has 5 heteroatoms. The maximum atomic E-state index is 8.56. The van der Waals surface area contributed by atoms with Gasteiger partial charge in [-0.25, -0.2) is 4.79 Å². The molecule has 0 bridgehead atoms. The average Bonchev–Trinajstić information content (AvgIpc) is 0.811. The zero-order chi connectivity index (χ0) is 3.58. The van der Waals surface area contributed by atoms with E-state index < -0.39 is 6.16 Å². The van der Waals surface area contributed by atoms with Gasteiger partial charge in [-0.1, -0.05) is 0 Å². The van der Waals surface area contributed by atoms with Crippen LogP contribution in [0.5, 0.6) is 0 Å². The summed E-state index contributed by atoms with van der Waals surface area (Å²) >= 11 is 0. The quantitative estimate of drug-likeness (QED) is 0.581. The van der Waals surface area contributed by atoms with Crippen molar-refractivity contribution in [3.63, 3.8) is 0 Å². The third-order valence-corrected chi connectivity index (χ3v) is 0. The fourth-order valence-electron chi connectivity index (χ4n) is 0. The van der Waals surface area contributed by atoms with Gasteiger partial charge in [-0.05, 0) is 0 Å². The van der Waals surface area contributed by atoms with Crippen LogP contribution < -0.4 is 0 Å². The summed E-state index contributed by atoms with van der Waals surface area (Å²) in [4.78, 5) is 8.56. The fourth-order valence-corrected chi connectivity index (χ4v) is 0. The summed E-state index contributed by atoms with van der Waals surface area (Å²) < 4.78 is 0. The Morgan fingerprint density at radius 1 is 1.33 bits per heavy atom. The van der Waals surface area contributed by atoms with E-state index in [2.05, 4.69) is 0 Å². The first-order valence-corrected chi connectivity index (χ1v) is 0.651. The van der Waals surface area contributed by atoms with Gasteiger partial charge in [0.2, 0.25) is 0 Å². The van der Waals surface area contributed by atoms with Gasteiger partial charge in [-0.2, -0.15) is 0 Å². The maximum Gasteiger partial charge on any atom is 0.503 e. The van der Waals surface area contributed by atoms with Gasteiger partial charge in [0.05, 0.1) is 0 Å². The van der Waals surface area contributed by atoms with E-state index in [1.165, 1.54) is 0 Å². The van der Waals surface area contributed by atoms with E-state index in [1.54, 1.807) is 0 Å². The normalized spacial score (nSPS) is 4.00. The van der Waals surface area contributed by atoms with Crippen molar-refractivity contribution in [1.29, 1.82) is 0 Å². The molecule has 0 saturated carbocycles. The molecule has 0 aliphatic heterocycles. The Hall–Kier alpha value is 0.165. The van der Waals surface area contributed by atoms with E-state index in [0.29, 0.717) is 0 Å². The second-order valence-corrected chi connectivity index (χ2v) is 0.283. The van der Waals surface area contributed by atoms with Gasteiger partial charge in [0.25, 0.3) is 0 Å². The Balaban J connectivity index is -0.0000000450.